The average Bonchev–Trinajstić information content (AvgIpc) is 2.58. The van der Waals surface area contributed by atoms with Crippen LogP contribution in [-0.2, 0) is 11.2 Å². The molecule has 1 aromatic rings. The molecule has 1 atom stereocenters. The quantitative estimate of drug-likeness (QED) is 0.850. The second kappa shape index (κ2) is 4.52. The van der Waals surface area contributed by atoms with Crippen LogP contribution in [0.3, 0.4) is 0 Å². The lowest BCUT2D eigenvalue weighted by atomic mass is 10.1. The smallest absolute Gasteiger partial charge is 0.123 e. The molecular formula is C13H18FNO. The van der Waals surface area contributed by atoms with Crippen LogP contribution in [0.2, 0.25) is 0 Å². The maximum atomic E-state index is 12.7. The minimum atomic E-state index is -0.201. The van der Waals surface area contributed by atoms with E-state index < -0.39 is 0 Å². The van der Waals surface area contributed by atoms with Gasteiger partial charge in [0.15, 0.2) is 0 Å². The van der Waals surface area contributed by atoms with Crippen molar-refractivity contribution in [2.75, 3.05) is 6.61 Å². The predicted octanol–water partition coefficient (Wildman–Crippen LogP) is 2.48. The largest absolute Gasteiger partial charge is 0.360 e. The number of nitrogens with one attached hydrogen (secondary N) is 1. The van der Waals surface area contributed by atoms with Gasteiger partial charge in [0.25, 0.3) is 0 Å². The number of ether oxygens (including phenoxy) is 1. The van der Waals surface area contributed by atoms with Crippen molar-refractivity contribution in [3.8, 4) is 0 Å². The van der Waals surface area contributed by atoms with Crippen molar-refractivity contribution in [1.29, 1.82) is 0 Å². The molecule has 1 heterocycles. The van der Waals surface area contributed by atoms with Gasteiger partial charge in [-0.2, -0.15) is 0 Å². The Kier molecular flexibility index (Phi) is 3.26. The first-order valence-corrected chi connectivity index (χ1v) is 5.71. The molecule has 0 aromatic heterocycles. The first kappa shape index (κ1) is 11.6. The Morgan fingerprint density at radius 1 is 1.38 bits per heavy atom. The highest BCUT2D eigenvalue weighted by molar-refractivity contribution is 5.16. The molecule has 2 rings (SSSR count). The van der Waals surface area contributed by atoms with Crippen LogP contribution in [0.1, 0.15) is 25.8 Å². The molecular weight excluding hydrogens is 205 g/mol. The summed E-state index contributed by atoms with van der Waals surface area (Å²) in [4.78, 5) is 0. The lowest BCUT2D eigenvalue weighted by Crippen LogP contribution is -2.38. The van der Waals surface area contributed by atoms with Gasteiger partial charge in [0.1, 0.15) is 11.5 Å². The zero-order valence-electron chi connectivity index (χ0n) is 9.79. The molecule has 0 saturated carbocycles. The van der Waals surface area contributed by atoms with Gasteiger partial charge < -0.3 is 4.74 Å². The second-order valence-electron chi connectivity index (χ2n) is 4.83. The summed E-state index contributed by atoms with van der Waals surface area (Å²) < 4.78 is 18.3. The minimum absolute atomic E-state index is 0.174. The van der Waals surface area contributed by atoms with Crippen molar-refractivity contribution in [1.82, 2.24) is 5.32 Å². The highest BCUT2D eigenvalue weighted by atomic mass is 19.1. The van der Waals surface area contributed by atoms with Crippen molar-refractivity contribution >= 4 is 0 Å². The fraction of sp³-hybridized carbons (Fsp3) is 0.538. The summed E-state index contributed by atoms with van der Waals surface area (Å²) in [6, 6.07) is 7.11. The summed E-state index contributed by atoms with van der Waals surface area (Å²) in [5.74, 6) is -0.174. The average molecular weight is 223 g/mol. The molecule has 1 fully saturated rings. The third-order valence-corrected chi connectivity index (χ3v) is 2.89. The summed E-state index contributed by atoms with van der Waals surface area (Å²) in [5, 5.41) is 3.42. The predicted molar refractivity (Wildman–Crippen MR) is 61.7 cm³/mol. The lowest BCUT2D eigenvalue weighted by Gasteiger charge is -2.18. The van der Waals surface area contributed by atoms with Crippen LogP contribution in [-0.4, -0.2) is 18.4 Å². The Bertz CT molecular complexity index is 347. The Hall–Kier alpha value is -0.930. The van der Waals surface area contributed by atoms with Crippen LogP contribution in [0.5, 0.6) is 0 Å². The first-order chi connectivity index (χ1) is 7.55. The molecule has 3 heteroatoms. The standard InChI is InChI=1S/C13H18FNO/c1-13(2)15-12(9-16-13)8-5-10-3-6-11(14)7-4-10/h3-4,6-7,12,15H,5,8-9H2,1-2H3/t12-/m1/s1. The highest BCUT2D eigenvalue weighted by Gasteiger charge is 2.30. The number of aryl methyl sites for hydroxylation is 1. The highest BCUT2D eigenvalue weighted by Crippen LogP contribution is 2.17. The molecule has 1 aromatic carbocycles. The van der Waals surface area contributed by atoms with Crippen LogP contribution in [0, 0.1) is 5.82 Å². The Morgan fingerprint density at radius 3 is 2.62 bits per heavy atom. The van der Waals surface area contributed by atoms with Crippen LogP contribution >= 0.6 is 0 Å². The molecule has 2 nitrogen and oxygen atoms in total. The number of hydrogen-bond donors (Lipinski definition) is 1. The molecule has 0 radical (unpaired) electrons. The number of hydrogen-bond acceptors (Lipinski definition) is 2. The monoisotopic (exact) mass is 223 g/mol. The van der Waals surface area contributed by atoms with E-state index in [0.717, 1.165) is 19.4 Å². The van der Waals surface area contributed by atoms with Crippen LogP contribution in [0.15, 0.2) is 24.3 Å². The SMILES string of the molecule is CC1(C)N[C@H](CCc2ccc(F)cc2)CO1. The van der Waals surface area contributed by atoms with E-state index >= 15 is 0 Å². The molecule has 0 bridgehead atoms. The topological polar surface area (TPSA) is 21.3 Å². The van der Waals surface area contributed by atoms with E-state index in [1.165, 1.54) is 17.7 Å². The molecule has 16 heavy (non-hydrogen) atoms. The normalized spacial score (nSPS) is 23.6. The van der Waals surface area contributed by atoms with E-state index in [0.29, 0.717) is 6.04 Å². The molecule has 0 spiro atoms. The third-order valence-electron chi connectivity index (χ3n) is 2.89. The number of benzene rings is 1. The van der Waals surface area contributed by atoms with Crippen LogP contribution in [0.25, 0.3) is 0 Å². The Labute approximate surface area is 95.8 Å². The molecule has 1 saturated heterocycles. The Balaban J connectivity index is 1.82. The van der Waals surface area contributed by atoms with Crippen LogP contribution < -0.4 is 5.32 Å². The van der Waals surface area contributed by atoms with Crippen LogP contribution in [0.4, 0.5) is 4.39 Å². The van der Waals surface area contributed by atoms with Gasteiger partial charge in [-0.3, -0.25) is 5.32 Å². The summed E-state index contributed by atoms with van der Waals surface area (Å²) in [6.45, 7) is 4.82. The summed E-state index contributed by atoms with van der Waals surface area (Å²) >= 11 is 0. The summed E-state index contributed by atoms with van der Waals surface area (Å²) in [7, 11) is 0. The van der Waals surface area contributed by atoms with E-state index in [1.807, 2.05) is 26.0 Å². The van der Waals surface area contributed by atoms with Crippen molar-refractivity contribution in [3.63, 3.8) is 0 Å². The van der Waals surface area contributed by atoms with Gasteiger partial charge >= 0.3 is 0 Å². The fourth-order valence-corrected chi connectivity index (χ4v) is 2.03. The fourth-order valence-electron chi connectivity index (χ4n) is 2.03. The van der Waals surface area contributed by atoms with E-state index in [-0.39, 0.29) is 11.5 Å². The zero-order chi connectivity index (χ0) is 11.6. The lowest BCUT2D eigenvalue weighted by molar-refractivity contribution is 0.0231. The van der Waals surface area contributed by atoms with Gasteiger partial charge in [-0.25, -0.2) is 4.39 Å². The number of halogens is 1. The van der Waals surface area contributed by atoms with E-state index in [2.05, 4.69) is 5.32 Å². The molecule has 1 N–H and O–H groups in total. The van der Waals surface area contributed by atoms with Gasteiger partial charge in [-0.15, -0.1) is 0 Å². The van der Waals surface area contributed by atoms with Gasteiger partial charge in [-0.05, 0) is 44.4 Å². The number of rotatable bonds is 3. The molecule has 88 valence electrons. The van der Waals surface area contributed by atoms with Crippen molar-refractivity contribution in [2.24, 2.45) is 0 Å². The molecule has 1 aliphatic heterocycles. The minimum Gasteiger partial charge on any atom is -0.360 e. The Morgan fingerprint density at radius 2 is 2.06 bits per heavy atom. The first-order valence-electron chi connectivity index (χ1n) is 5.71. The second-order valence-corrected chi connectivity index (χ2v) is 4.83. The van der Waals surface area contributed by atoms with E-state index in [9.17, 15) is 4.39 Å². The van der Waals surface area contributed by atoms with E-state index in [1.54, 1.807) is 0 Å². The van der Waals surface area contributed by atoms with Gasteiger partial charge in [0.2, 0.25) is 0 Å². The van der Waals surface area contributed by atoms with Crippen molar-refractivity contribution in [3.05, 3.63) is 35.6 Å². The van der Waals surface area contributed by atoms with Gasteiger partial charge in [0.05, 0.1) is 6.61 Å². The molecule has 0 aliphatic carbocycles. The van der Waals surface area contributed by atoms with E-state index in [4.69, 9.17) is 4.74 Å². The third kappa shape index (κ3) is 3.03. The maximum absolute atomic E-state index is 12.7. The van der Waals surface area contributed by atoms with Gasteiger partial charge in [0, 0.05) is 6.04 Å². The summed E-state index contributed by atoms with van der Waals surface area (Å²) in [6.07, 6.45) is 1.98. The zero-order valence-corrected chi connectivity index (χ0v) is 9.79. The molecule has 0 unspecified atom stereocenters. The van der Waals surface area contributed by atoms with Crippen molar-refractivity contribution in [2.45, 2.75) is 38.5 Å². The maximum Gasteiger partial charge on any atom is 0.123 e. The van der Waals surface area contributed by atoms with Gasteiger partial charge in [-0.1, -0.05) is 12.1 Å². The molecule has 0 amide bonds. The molecule has 1 aliphatic rings. The van der Waals surface area contributed by atoms with Crippen molar-refractivity contribution < 1.29 is 9.13 Å². The summed E-state index contributed by atoms with van der Waals surface area (Å²) in [5.41, 5.74) is 0.973.